The number of ketones is 1. The molecule has 0 heterocycles. The Balaban J connectivity index is 3.09. The third-order valence-electron chi connectivity index (χ3n) is 3.57. The van der Waals surface area contributed by atoms with Crippen molar-refractivity contribution >= 4 is 17.7 Å². The van der Waals surface area contributed by atoms with E-state index in [1.54, 1.807) is 0 Å². The first-order chi connectivity index (χ1) is 8.39. The van der Waals surface area contributed by atoms with Gasteiger partial charge in [0, 0.05) is 5.92 Å². The van der Waals surface area contributed by atoms with Gasteiger partial charge in [-0.2, -0.15) is 0 Å². The van der Waals surface area contributed by atoms with E-state index in [0.29, 0.717) is 0 Å². The SMILES string of the molecule is COC(=O)C1(C(=O)OC)CCC(O)C(C(C)=O)C1. The molecule has 0 spiro atoms. The molecule has 0 aromatic heterocycles. The van der Waals surface area contributed by atoms with Crippen molar-refractivity contribution < 1.29 is 29.0 Å². The van der Waals surface area contributed by atoms with E-state index in [-0.39, 0.29) is 25.0 Å². The fourth-order valence-electron chi connectivity index (χ4n) is 2.47. The van der Waals surface area contributed by atoms with Gasteiger partial charge in [-0.15, -0.1) is 0 Å². The van der Waals surface area contributed by atoms with Crippen LogP contribution in [0.2, 0.25) is 0 Å². The summed E-state index contributed by atoms with van der Waals surface area (Å²) < 4.78 is 9.29. The number of carbonyl (C=O) groups excluding carboxylic acids is 3. The van der Waals surface area contributed by atoms with Gasteiger partial charge < -0.3 is 14.6 Å². The van der Waals surface area contributed by atoms with Gasteiger partial charge in [0.1, 0.15) is 5.78 Å². The molecular formula is C12H18O6. The average Bonchev–Trinajstić information content (AvgIpc) is 2.37. The predicted molar refractivity (Wildman–Crippen MR) is 60.5 cm³/mol. The molecule has 102 valence electrons. The lowest BCUT2D eigenvalue weighted by atomic mass is 9.67. The minimum atomic E-state index is -1.47. The Morgan fingerprint density at radius 2 is 1.67 bits per heavy atom. The lowest BCUT2D eigenvalue weighted by Gasteiger charge is -2.37. The van der Waals surface area contributed by atoms with Gasteiger partial charge in [0.05, 0.1) is 20.3 Å². The molecule has 18 heavy (non-hydrogen) atoms. The number of aliphatic hydroxyl groups is 1. The van der Waals surface area contributed by atoms with E-state index in [0.717, 1.165) is 0 Å². The lowest BCUT2D eigenvalue weighted by molar-refractivity contribution is -0.175. The van der Waals surface area contributed by atoms with Gasteiger partial charge in [-0.25, -0.2) is 0 Å². The highest BCUT2D eigenvalue weighted by Crippen LogP contribution is 2.42. The van der Waals surface area contributed by atoms with Crippen LogP contribution in [0.5, 0.6) is 0 Å². The van der Waals surface area contributed by atoms with E-state index in [1.165, 1.54) is 21.1 Å². The standard InChI is InChI=1S/C12H18O6/c1-7(13)8-6-12(10(15)17-2,11(16)18-3)5-4-9(8)14/h8-9,14H,4-6H2,1-3H3. The van der Waals surface area contributed by atoms with Crippen LogP contribution in [-0.2, 0) is 23.9 Å². The minimum Gasteiger partial charge on any atom is -0.468 e. The summed E-state index contributed by atoms with van der Waals surface area (Å²) in [4.78, 5) is 35.2. The topological polar surface area (TPSA) is 89.9 Å². The molecule has 0 aromatic carbocycles. The summed E-state index contributed by atoms with van der Waals surface area (Å²) in [5.74, 6) is -2.42. The number of esters is 2. The molecule has 0 aromatic rings. The van der Waals surface area contributed by atoms with Gasteiger partial charge in [0.25, 0.3) is 0 Å². The number of ether oxygens (including phenoxy) is 2. The zero-order chi connectivity index (χ0) is 13.9. The third kappa shape index (κ3) is 2.38. The number of methoxy groups -OCH3 is 2. The summed E-state index contributed by atoms with van der Waals surface area (Å²) in [5, 5.41) is 9.76. The first kappa shape index (κ1) is 14.6. The maximum Gasteiger partial charge on any atom is 0.323 e. The molecule has 1 fully saturated rings. The summed E-state index contributed by atoms with van der Waals surface area (Å²) in [7, 11) is 2.36. The Kier molecular flexibility index (Phi) is 4.45. The molecule has 1 aliphatic rings. The van der Waals surface area contributed by atoms with Crippen molar-refractivity contribution in [1.82, 2.24) is 0 Å². The number of rotatable bonds is 3. The van der Waals surface area contributed by atoms with Crippen LogP contribution in [0.15, 0.2) is 0 Å². The van der Waals surface area contributed by atoms with E-state index in [4.69, 9.17) is 0 Å². The monoisotopic (exact) mass is 258 g/mol. The van der Waals surface area contributed by atoms with E-state index in [9.17, 15) is 19.5 Å². The molecule has 0 bridgehead atoms. The molecule has 0 amide bonds. The van der Waals surface area contributed by atoms with E-state index >= 15 is 0 Å². The van der Waals surface area contributed by atoms with Crippen LogP contribution in [0.1, 0.15) is 26.2 Å². The van der Waals surface area contributed by atoms with Gasteiger partial charge in [0.2, 0.25) is 0 Å². The third-order valence-corrected chi connectivity index (χ3v) is 3.57. The largest absolute Gasteiger partial charge is 0.468 e. The zero-order valence-electron chi connectivity index (χ0n) is 10.8. The normalized spacial score (nSPS) is 26.2. The van der Waals surface area contributed by atoms with Crippen molar-refractivity contribution in [2.75, 3.05) is 14.2 Å². The van der Waals surface area contributed by atoms with Gasteiger partial charge in [-0.3, -0.25) is 14.4 Å². The highest BCUT2D eigenvalue weighted by atomic mass is 16.5. The molecule has 1 rings (SSSR count). The van der Waals surface area contributed by atoms with Crippen molar-refractivity contribution in [2.24, 2.45) is 11.3 Å². The fourth-order valence-corrected chi connectivity index (χ4v) is 2.47. The zero-order valence-corrected chi connectivity index (χ0v) is 10.8. The molecule has 2 atom stereocenters. The second-order valence-corrected chi connectivity index (χ2v) is 4.59. The maximum absolute atomic E-state index is 11.8. The average molecular weight is 258 g/mol. The van der Waals surface area contributed by atoms with Crippen molar-refractivity contribution in [3.63, 3.8) is 0 Å². The van der Waals surface area contributed by atoms with Crippen LogP contribution in [0.3, 0.4) is 0 Å². The molecule has 6 nitrogen and oxygen atoms in total. The van der Waals surface area contributed by atoms with Crippen LogP contribution in [0.4, 0.5) is 0 Å². The van der Waals surface area contributed by atoms with Crippen molar-refractivity contribution in [2.45, 2.75) is 32.3 Å². The summed E-state index contributed by atoms with van der Waals surface area (Å²) in [6.45, 7) is 1.33. The second-order valence-electron chi connectivity index (χ2n) is 4.59. The van der Waals surface area contributed by atoms with Crippen molar-refractivity contribution in [1.29, 1.82) is 0 Å². The molecule has 0 radical (unpaired) electrons. The molecule has 1 N–H and O–H groups in total. The van der Waals surface area contributed by atoms with E-state index < -0.39 is 29.4 Å². The predicted octanol–water partition coefficient (Wildman–Crippen LogP) is 0.0688. The highest BCUT2D eigenvalue weighted by molar-refractivity contribution is 6.00. The quantitative estimate of drug-likeness (QED) is 0.569. The number of carbonyl (C=O) groups is 3. The van der Waals surface area contributed by atoms with Crippen molar-refractivity contribution in [3.05, 3.63) is 0 Å². The smallest absolute Gasteiger partial charge is 0.323 e. The van der Waals surface area contributed by atoms with Crippen LogP contribution in [0.25, 0.3) is 0 Å². The van der Waals surface area contributed by atoms with Crippen LogP contribution in [0, 0.1) is 11.3 Å². The summed E-state index contributed by atoms with van der Waals surface area (Å²) in [5.41, 5.74) is -1.47. The van der Waals surface area contributed by atoms with Crippen molar-refractivity contribution in [3.8, 4) is 0 Å². The summed E-state index contributed by atoms with van der Waals surface area (Å²) in [6, 6.07) is 0. The van der Waals surface area contributed by atoms with Crippen LogP contribution < -0.4 is 0 Å². The molecule has 0 aliphatic heterocycles. The Bertz CT molecular complexity index is 346. The minimum absolute atomic E-state index is 0.0666. The maximum atomic E-state index is 11.8. The Morgan fingerprint density at radius 1 is 1.17 bits per heavy atom. The second kappa shape index (κ2) is 5.48. The molecular weight excluding hydrogens is 240 g/mol. The molecule has 1 saturated carbocycles. The number of aliphatic hydroxyl groups excluding tert-OH is 1. The van der Waals surface area contributed by atoms with E-state index in [1.807, 2.05) is 0 Å². The molecule has 6 heteroatoms. The Labute approximate surface area is 105 Å². The van der Waals surface area contributed by atoms with Crippen LogP contribution in [-0.4, -0.2) is 43.2 Å². The first-order valence-corrected chi connectivity index (χ1v) is 5.74. The van der Waals surface area contributed by atoms with Gasteiger partial charge >= 0.3 is 11.9 Å². The molecule has 1 aliphatic carbocycles. The van der Waals surface area contributed by atoms with Crippen LogP contribution >= 0.6 is 0 Å². The van der Waals surface area contributed by atoms with Gasteiger partial charge in [-0.1, -0.05) is 0 Å². The molecule has 0 saturated heterocycles. The lowest BCUT2D eigenvalue weighted by Crippen LogP contribution is -2.49. The number of Topliss-reactive ketones (excluding diaryl/α,β-unsaturated/α-hetero) is 1. The summed E-state index contributed by atoms with van der Waals surface area (Å²) >= 11 is 0. The summed E-state index contributed by atoms with van der Waals surface area (Å²) in [6.07, 6.45) is -0.584. The van der Waals surface area contributed by atoms with Gasteiger partial charge in [-0.05, 0) is 26.2 Å². The number of hydrogen-bond acceptors (Lipinski definition) is 6. The first-order valence-electron chi connectivity index (χ1n) is 5.74. The van der Waals surface area contributed by atoms with Gasteiger partial charge in [0.15, 0.2) is 5.41 Å². The highest BCUT2D eigenvalue weighted by Gasteiger charge is 2.54. The number of hydrogen-bond donors (Lipinski definition) is 1. The Morgan fingerprint density at radius 3 is 2.06 bits per heavy atom. The fraction of sp³-hybridized carbons (Fsp3) is 0.750. The van der Waals surface area contributed by atoms with E-state index in [2.05, 4.69) is 9.47 Å². The molecule has 2 unspecified atom stereocenters. The Hall–Kier alpha value is -1.43.